The molecule has 0 aliphatic carbocycles. The van der Waals surface area contributed by atoms with Crippen molar-refractivity contribution < 1.29 is 14.4 Å². The quantitative estimate of drug-likeness (QED) is 0.658. The molecule has 3 rings (SSSR count). The van der Waals surface area contributed by atoms with Crippen LogP contribution in [0.15, 0.2) is 42.9 Å². The first kappa shape index (κ1) is 20.2. The van der Waals surface area contributed by atoms with Crippen molar-refractivity contribution in [3.05, 3.63) is 42.9 Å². The monoisotopic (exact) mass is 396 g/mol. The average Bonchev–Trinajstić information content (AvgIpc) is 2.74. The maximum absolute atomic E-state index is 12.1. The Morgan fingerprint density at radius 2 is 1.66 bits per heavy atom. The number of benzene rings is 1. The van der Waals surface area contributed by atoms with Gasteiger partial charge in [-0.05, 0) is 43.0 Å². The van der Waals surface area contributed by atoms with E-state index < -0.39 is 11.8 Å². The SMILES string of the molecule is CC(=O)Nc1ccc(NC(=O)C(=O)NCC2CCN(c3cnccn3)CC2)cc1. The standard InChI is InChI=1S/C20H24N6O3/c1-14(27)24-16-2-4-17(5-3-16)25-20(29)19(28)23-12-15-6-10-26(11-7-15)18-13-21-8-9-22-18/h2-5,8-9,13,15H,6-7,10-12H2,1H3,(H,23,28)(H,24,27)(H,25,29). The fourth-order valence-corrected chi connectivity index (χ4v) is 3.17. The number of hydrogen-bond acceptors (Lipinski definition) is 6. The van der Waals surface area contributed by atoms with Crippen molar-refractivity contribution in [1.29, 1.82) is 0 Å². The van der Waals surface area contributed by atoms with Gasteiger partial charge in [0.15, 0.2) is 0 Å². The van der Waals surface area contributed by atoms with Crippen LogP contribution in [-0.2, 0) is 14.4 Å². The number of hydrogen-bond donors (Lipinski definition) is 3. The molecule has 9 heteroatoms. The van der Waals surface area contributed by atoms with Gasteiger partial charge in [-0.15, -0.1) is 0 Å². The molecule has 1 fully saturated rings. The third-order valence-electron chi connectivity index (χ3n) is 4.71. The summed E-state index contributed by atoms with van der Waals surface area (Å²) in [6, 6.07) is 6.55. The number of piperidine rings is 1. The molecule has 0 radical (unpaired) electrons. The summed E-state index contributed by atoms with van der Waals surface area (Å²) in [7, 11) is 0. The van der Waals surface area contributed by atoms with E-state index in [9.17, 15) is 14.4 Å². The highest BCUT2D eigenvalue weighted by Crippen LogP contribution is 2.20. The fourth-order valence-electron chi connectivity index (χ4n) is 3.17. The molecule has 0 saturated carbocycles. The molecule has 2 heterocycles. The number of amides is 3. The van der Waals surface area contributed by atoms with Crippen LogP contribution in [0.5, 0.6) is 0 Å². The average molecular weight is 396 g/mol. The predicted molar refractivity (Wildman–Crippen MR) is 109 cm³/mol. The lowest BCUT2D eigenvalue weighted by molar-refractivity contribution is -0.136. The van der Waals surface area contributed by atoms with E-state index in [0.29, 0.717) is 23.8 Å². The van der Waals surface area contributed by atoms with Crippen molar-refractivity contribution in [2.45, 2.75) is 19.8 Å². The molecule has 2 aromatic rings. The second-order valence-corrected chi connectivity index (χ2v) is 6.92. The van der Waals surface area contributed by atoms with Crippen LogP contribution in [0, 0.1) is 5.92 Å². The first-order valence-electron chi connectivity index (χ1n) is 9.49. The number of carbonyl (C=O) groups excluding carboxylic acids is 3. The predicted octanol–water partition coefficient (Wildman–Crippen LogP) is 1.41. The van der Waals surface area contributed by atoms with Gasteiger partial charge in [0.25, 0.3) is 0 Å². The highest BCUT2D eigenvalue weighted by molar-refractivity contribution is 6.39. The summed E-state index contributed by atoms with van der Waals surface area (Å²) in [6.45, 7) is 3.56. The zero-order valence-electron chi connectivity index (χ0n) is 16.2. The van der Waals surface area contributed by atoms with Gasteiger partial charge in [0, 0.05) is 50.3 Å². The summed E-state index contributed by atoms with van der Waals surface area (Å²) < 4.78 is 0. The van der Waals surface area contributed by atoms with Crippen molar-refractivity contribution >= 4 is 34.9 Å². The maximum atomic E-state index is 12.1. The van der Waals surface area contributed by atoms with Crippen LogP contribution in [0.4, 0.5) is 17.2 Å². The molecule has 0 spiro atoms. The zero-order chi connectivity index (χ0) is 20.6. The molecule has 0 unspecified atom stereocenters. The van der Waals surface area contributed by atoms with E-state index >= 15 is 0 Å². The van der Waals surface area contributed by atoms with Crippen LogP contribution in [-0.4, -0.2) is 47.3 Å². The fraction of sp³-hybridized carbons (Fsp3) is 0.350. The second-order valence-electron chi connectivity index (χ2n) is 6.92. The van der Waals surface area contributed by atoms with Crippen LogP contribution in [0.25, 0.3) is 0 Å². The maximum Gasteiger partial charge on any atom is 0.313 e. The third-order valence-corrected chi connectivity index (χ3v) is 4.71. The van der Waals surface area contributed by atoms with Crippen LogP contribution >= 0.6 is 0 Å². The molecule has 1 aromatic carbocycles. The third kappa shape index (κ3) is 6.00. The van der Waals surface area contributed by atoms with E-state index in [1.165, 1.54) is 6.92 Å². The van der Waals surface area contributed by atoms with E-state index in [1.807, 2.05) is 0 Å². The Kier molecular flexibility index (Phi) is 6.72. The Hall–Kier alpha value is -3.49. The molecule has 3 amide bonds. The first-order chi connectivity index (χ1) is 14.0. The van der Waals surface area contributed by atoms with Crippen LogP contribution in [0.2, 0.25) is 0 Å². The van der Waals surface area contributed by atoms with E-state index in [0.717, 1.165) is 31.7 Å². The molecule has 1 aliphatic heterocycles. The topological polar surface area (TPSA) is 116 Å². The Balaban J connectivity index is 1.40. The molecule has 3 N–H and O–H groups in total. The zero-order valence-corrected chi connectivity index (χ0v) is 16.2. The smallest absolute Gasteiger partial charge is 0.313 e. The molecular weight excluding hydrogens is 372 g/mol. The molecule has 0 atom stereocenters. The van der Waals surface area contributed by atoms with Gasteiger partial charge in [-0.25, -0.2) is 4.98 Å². The summed E-state index contributed by atoms with van der Waals surface area (Å²) in [5.74, 6) is -0.374. The van der Waals surface area contributed by atoms with Gasteiger partial charge in [-0.1, -0.05) is 0 Å². The highest BCUT2D eigenvalue weighted by Gasteiger charge is 2.22. The normalized spacial score (nSPS) is 14.2. The summed E-state index contributed by atoms with van der Waals surface area (Å²) >= 11 is 0. The lowest BCUT2D eigenvalue weighted by Crippen LogP contribution is -2.42. The molecule has 1 aromatic heterocycles. The summed E-state index contributed by atoms with van der Waals surface area (Å²) in [6.07, 6.45) is 6.88. The minimum Gasteiger partial charge on any atom is -0.355 e. The largest absolute Gasteiger partial charge is 0.355 e. The summed E-state index contributed by atoms with van der Waals surface area (Å²) in [4.78, 5) is 45.7. The molecular formula is C20H24N6O3. The number of nitrogens with one attached hydrogen (secondary N) is 3. The second kappa shape index (κ2) is 9.63. The lowest BCUT2D eigenvalue weighted by Gasteiger charge is -2.32. The van der Waals surface area contributed by atoms with Crippen LogP contribution in [0.3, 0.4) is 0 Å². The van der Waals surface area contributed by atoms with Crippen LogP contribution in [0.1, 0.15) is 19.8 Å². The Bertz CT molecular complexity index is 848. The summed E-state index contributed by atoms with van der Waals surface area (Å²) in [5.41, 5.74) is 1.10. The Morgan fingerprint density at radius 3 is 2.24 bits per heavy atom. The minimum absolute atomic E-state index is 0.177. The number of carbonyl (C=O) groups is 3. The van der Waals surface area contributed by atoms with Crippen molar-refractivity contribution in [3.8, 4) is 0 Å². The van der Waals surface area contributed by atoms with Gasteiger partial charge >= 0.3 is 11.8 Å². The number of rotatable bonds is 5. The van der Waals surface area contributed by atoms with Gasteiger partial charge in [-0.2, -0.15) is 0 Å². The highest BCUT2D eigenvalue weighted by atomic mass is 16.2. The van der Waals surface area contributed by atoms with Gasteiger partial charge in [-0.3, -0.25) is 19.4 Å². The van der Waals surface area contributed by atoms with Crippen molar-refractivity contribution in [2.24, 2.45) is 5.92 Å². The van der Waals surface area contributed by atoms with Crippen molar-refractivity contribution in [2.75, 3.05) is 35.2 Å². The van der Waals surface area contributed by atoms with E-state index in [4.69, 9.17) is 0 Å². The van der Waals surface area contributed by atoms with Crippen molar-refractivity contribution in [1.82, 2.24) is 15.3 Å². The molecule has 29 heavy (non-hydrogen) atoms. The van der Waals surface area contributed by atoms with Crippen LogP contribution < -0.4 is 20.9 Å². The van der Waals surface area contributed by atoms with Gasteiger partial charge in [0.05, 0.1) is 6.20 Å². The lowest BCUT2D eigenvalue weighted by atomic mass is 9.97. The number of anilines is 3. The first-order valence-corrected chi connectivity index (χ1v) is 9.49. The Labute approximate surface area is 168 Å². The van der Waals surface area contributed by atoms with Gasteiger partial charge in [0.2, 0.25) is 5.91 Å². The number of nitrogens with zero attached hydrogens (tertiary/aromatic N) is 3. The van der Waals surface area contributed by atoms with E-state index in [2.05, 4.69) is 30.8 Å². The van der Waals surface area contributed by atoms with E-state index in [1.54, 1.807) is 42.9 Å². The minimum atomic E-state index is -0.714. The Morgan fingerprint density at radius 1 is 1.00 bits per heavy atom. The van der Waals surface area contributed by atoms with E-state index in [-0.39, 0.29) is 5.91 Å². The molecule has 9 nitrogen and oxygen atoms in total. The summed E-state index contributed by atoms with van der Waals surface area (Å²) in [5, 5.41) is 7.90. The number of aromatic nitrogens is 2. The molecule has 0 bridgehead atoms. The van der Waals surface area contributed by atoms with Crippen molar-refractivity contribution in [3.63, 3.8) is 0 Å². The van der Waals surface area contributed by atoms with Gasteiger partial charge < -0.3 is 20.9 Å². The molecule has 1 saturated heterocycles. The molecule has 1 aliphatic rings. The van der Waals surface area contributed by atoms with Gasteiger partial charge in [0.1, 0.15) is 5.82 Å². The molecule has 152 valence electrons.